The van der Waals surface area contributed by atoms with Gasteiger partial charge in [-0.05, 0) is 38.1 Å². The fourth-order valence-corrected chi connectivity index (χ4v) is 1.43. The molecule has 0 saturated carbocycles. The Hall–Kier alpha value is -2.50. The van der Waals surface area contributed by atoms with Gasteiger partial charge < -0.3 is 5.10 Å². The molecular weight excluding hydrogens is 232 g/mol. The van der Waals surface area contributed by atoms with Crippen LogP contribution in [0.3, 0.4) is 0 Å². The van der Waals surface area contributed by atoms with Crippen LogP contribution in [0.4, 0.5) is 11.4 Å². The topological polar surface area (TPSA) is 90.4 Å². The second-order valence-electron chi connectivity index (χ2n) is 3.86. The molecule has 0 bridgehead atoms. The van der Waals surface area contributed by atoms with E-state index in [0.29, 0.717) is 16.9 Å². The largest absolute Gasteiger partial charge is 0.300 e. The summed E-state index contributed by atoms with van der Waals surface area (Å²) in [5.74, 6) is -0.00332. The molecule has 0 atom stereocenters. The third-order valence-corrected chi connectivity index (χ3v) is 2.47. The Labute approximate surface area is 103 Å². The van der Waals surface area contributed by atoms with Gasteiger partial charge in [-0.25, -0.2) is 0 Å². The minimum absolute atomic E-state index is 0.00332. The standard InChI is InChI=1S/C12H12N4O2/c1-7-11(12(18)16-13-7)15-14-10-5-3-9(4-6-10)8(2)17/h3-6H,1-2H3,(H2,13,16,18). The number of H-pyrrole nitrogens is 2. The molecule has 6 nitrogen and oxygen atoms in total. The Balaban J connectivity index is 2.24. The van der Waals surface area contributed by atoms with Gasteiger partial charge in [0.05, 0.1) is 11.4 Å². The Morgan fingerprint density at radius 2 is 1.78 bits per heavy atom. The van der Waals surface area contributed by atoms with Gasteiger partial charge >= 0.3 is 0 Å². The molecule has 0 amide bonds. The van der Waals surface area contributed by atoms with E-state index in [1.807, 2.05) is 0 Å². The first-order valence-corrected chi connectivity index (χ1v) is 5.38. The van der Waals surface area contributed by atoms with Crippen molar-refractivity contribution in [3.8, 4) is 0 Å². The molecule has 1 heterocycles. The minimum Gasteiger partial charge on any atom is -0.300 e. The van der Waals surface area contributed by atoms with E-state index in [0.717, 1.165) is 0 Å². The molecule has 2 aromatic rings. The van der Waals surface area contributed by atoms with Crippen molar-refractivity contribution < 1.29 is 4.79 Å². The van der Waals surface area contributed by atoms with E-state index in [2.05, 4.69) is 20.4 Å². The van der Waals surface area contributed by atoms with E-state index in [1.165, 1.54) is 6.92 Å². The second-order valence-corrected chi connectivity index (χ2v) is 3.86. The van der Waals surface area contributed by atoms with Crippen LogP contribution >= 0.6 is 0 Å². The molecule has 0 spiro atoms. The van der Waals surface area contributed by atoms with Crippen LogP contribution in [0, 0.1) is 6.92 Å². The summed E-state index contributed by atoms with van der Waals surface area (Å²) in [7, 11) is 0. The van der Waals surface area contributed by atoms with Gasteiger partial charge in [-0.15, -0.1) is 5.11 Å². The number of rotatable bonds is 3. The third kappa shape index (κ3) is 2.42. The molecule has 92 valence electrons. The molecule has 0 unspecified atom stereocenters. The van der Waals surface area contributed by atoms with Crippen LogP contribution in [0.1, 0.15) is 23.0 Å². The van der Waals surface area contributed by atoms with Crippen LogP contribution in [-0.2, 0) is 0 Å². The molecule has 0 saturated heterocycles. The number of aromatic amines is 2. The van der Waals surface area contributed by atoms with Crippen LogP contribution < -0.4 is 5.56 Å². The van der Waals surface area contributed by atoms with Gasteiger partial charge in [0.2, 0.25) is 0 Å². The number of azo groups is 1. The number of hydrogen-bond acceptors (Lipinski definition) is 4. The van der Waals surface area contributed by atoms with Crippen molar-refractivity contribution in [1.29, 1.82) is 0 Å². The molecule has 0 fully saturated rings. The monoisotopic (exact) mass is 244 g/mol. The molecule has 1 aromatic heterocycles. The quantitative estimate of drug-likeness (QED) is 0.641. The van der Waals surface area contributed by atoms with Crippen LogP contribution in [-0.4, -0.2) is 16.0 Å². The lowest BCUT2D eigenvalue weighted by atomic mass is 10.1. The maximum absolute atomic E-state index is 11.3. The molecule has 18 heavy (non-hydrogen) atoms. The SMILES string of the molecule is CC(=O)c1ccc(N=Nc2c(C)[nH][nH]c2=O)cc1. The summed E-state index contributed by atoms with van der Waals surface area (Å²) >= 11 is 0. The number of aromatic nitrogens is 2. The molecule has 0 radical (unpaired) electrons. The second kappa shape index (κ2) is 4.79. The fourth-order valence-electron chi connectivity index (χ4n) is 1.43. The lowest BCUT2D eigenvalue weighted by Crippen LogP contribution is -1.96. The molecule has 1 aromatic carbocycles. The number of nitrogens with zero attached hydrogens (tertiary/aromatic N) is 2. The number of aryl methyl sites for hydroxylation is 1. The summed E-state index contributed by atoms with van der Waals surface area (Å²) in [5, 5.41) is 12.9. The Bertz CT molecular complexity index is 649. The number of hydrogen-bond donors (Lipinski definition) is 2. The third-order valence-electron chi connectivity index (χ3n) is 2.47. The van der Waals surface area contributed by atoms with E-state index in [4.69, 9.17) is 0 Å². The Morgan fingerprint density at radius 3 is 2.28 bits per heavy atom. The van der Waals surface area contributed by atoms with Crippen molar-refractivity contribution >= 4 is 17.2 Å². The van der Waals surface area contributed by atoms with Crippen molar-refractivity contribution in [3.05, 3.63) is 45.9 Å². The molecule has 6 heteroatoms. The lowest BCUT2D eigenvalue weighted by molar-refractivity contribution is 0.101. The maximum Gasteiger partial charge on any atom is 0.291 e. The van der Waals surface area contributed by atoms with Crippen molar-refractivity contribution in [2.45, 2.75) is 13.8 Å². The molecular formula is C12H12N4O2. The van der Waals surface area contributed by atoms with Crippen molar-refractivity contribution in [3.63, 3.8) is 0 Å². The molecule has 0 aliphatic carbocycles. The summed E-state index contributed by atoms with van der Waals surface area (Å²) in [5.41, 5.74) is 1.77. The van der Waals surface area contributed by atoms with Gasteiger partial charge in [0, 0.05) is 5.56 Å². The predicted octanol–water partition coefficient (Wildman–Crippen LogP) is 2.63. The summed E-state index contributed by atoms with van der Waals surface area (Å²) in [6, 6.07) is 6.70. The number of benzene rings is 1. The fraction of sp³-hybridized carbons (Fsp3) is 0.167. The van der Waals surface area contributed by atoms with Crippen LogP contribution in [0.2, 0.25) is 0 Å². The van der Waals surface area contributed by atoms with E-state index in [1.54, 1.807) is 31.2 Å². The van der Waals surface area contributed by atoms with Crippen LogP contribution in [0.25, 0.3) is 0 Å². The van der Waals surface area contributed by atoms with Gasteiger partial charge in [-0.2, -0.15) is 5.11 Å². The highest BCUT2D eigenvalue weighted by Gasteiger charge is 2.04. The summed E-state index contributed by atoms with van der Waals surface area (Å²) in [6.07, 6.45) is 0. The Morgan fingerprint density at radius 1 is 1.11 bits per heavy atom. The summed E-state index contributed by atoms with van der Waals surface area (Å²) < 4.78 is 0. The zero-order valence-corrected chi connectivity index (χ0v) is 10.0. The summed E-state index contributed by atoms with van der Waals surface area (Å²) in [6.45, 7) is 3.23. The number of carbonyl (C=O) groups is 1. The highest BCUT2D eigenvalue weighted by molar-refractivity contribution is 5.94. The maximum atomic E-state index is 11.3. The van der Waals surface area contributed by atoms with Crippen molar-refractivity contribution in [1.82, 2.24) is 10.2 Å². The highest BCUT2D eigenvalue weighted by Crippen LogP contribution is 2.17. The predicted molar refractivity (Wildman–Crippen MR) is 66.8 cm³/mol. The Kier molecular flexibility index (Phi) is 3.18. The number of nitrogens with one attached hydrogen (secondary N) is 2. The zero-order chi connectivity index (χ0) is 13.1. The van der Waals surface area contributed by atoms with Gasteiger partial charge in [-0.3, -0.25) is 14.7 Å². The first-order chi connectivity index (χ1) is 8.58. The minimum atomic E-state index is -0.309. The molecule has 0 aliphatic rings. The molecule has 2 rings (SSSR count). The van der Waals surface area contributed by atoms with E-state index in [-0.39, 0.29) is 17.0 Å². The summed E-state index contributed by atoms with van der Waals surface area (Å²) in [4.78, 5) is 22.4. The van der Waals surface area contributed by atoms with Gasteiger partial charge in [0.25, 0.3) is 5.56 Å². The molecule has 0 aliphatic heterocycles. The smallest absolute Gasteiger partial charge is 0.291 e. The average molecular weight is 244 g/mol. The lowest BCUT2D eigenvalue weighted by Gasteiger charge is -1.95. The zero-order valence-electron chi connectivity index (χ0n) is 10.0. The van der Waals surface area contributed by atoms with Crippen LogP contribution in [0.15, 0.2) is 39.3 Å². The highest BCUT2D eigenvalue weighted by atomic mass is 16.1. The van der Waals surface area contributed by atoms with Crippen LogP contribution in [0.5, 0.6) is 0 Å². The van der Waals surface area contributed by atoms with Crippen molar-refractivity contribution in [2.24, 2.45) is 10.2 Å². The van der Waals surface area contributed by atoms with Gasteiger partial charge in [-0.1, -0.05) is 0 Å². The van der Waals surface area contributed by atoms with E-state index in [9.17, 15) is 9.59 Å². The number of carbonyl (C=O) groups excluding carboxylic acids is 1. The number of Topliss-reactive ketones (excluding diaryl/α,β-unsaturated/α-hetero) is 1. The average Bonchev–Trinajstić information content (AvgIpc) is 2.67. The number of ketones is 1. The normalized spacial score (nSPS) is 11.0. The van der Waals surface area contributed by atoms with E-state index >= 15 is 0 Å². The van der Waals surface area contributed by atoms with Gasteiger partial charge in [0.15, 0.2) is 11.5 Å². The van der Waals surface area contributed by atoms with Gasteiger partial charge in [0.1, 0.15) is 0 Å². The molecule has 2 N–H and O–H groups in total. The van der Waals surface area contributed by atoms with E-state index < -0.39 is 0 Å². The first-order valence-electron chi connectivity index (χ1n) is 5.38. The van der Waals surface area contributed by atoms with Crippen molar-refractivity contribution in [2.75, 3.05) is 0 Å². The first kappa shape index (κ1) is 12.0.